The normalized spacial score (nSPS) is 27.7. The summed E-state index contributed by atoms with van der Waals surface area (Å²) in [6.45, 7) is -1.43. The number of aromatic hydroxyl groups is 1. The van der Waals surface area contributed by atoms with Crippen molar-refractivity contribution in [3.8, 4) is 11.5 Å². The van der Waals surface area contributed by atoms with Gasteiger partial charge in [0.1, 0.15) is 37.1 Å². The predicted octanol–water partition coefficient (Wildman–Crippen LogP) is -1.87. The van der Waals surface area contributed by atoms with Gasteiger partial charge >= 0.3 is 5.97 Å². The largest absolute Gasteiger partial charge is 0.504 e. The number of esters is 1. The van der Waals surface area contributed by atoms with Crippen LogP contribution in [0.4, 0.5) is 0 Å². The lowest BCUT2D eigenvalue weighted by Crippen LogP contribution is -2.59. The van der Waals surface area contributed by atoms with Gasteiger partial charge in [-0.2, -0.15) is 0 Å². The van der Waals surface area contributed by atoms with Crippen molar-refractivity contribution in [1.82, 2.24) is 0 Å². The summed E-state index contributed by atoms with van der Waals surface area (Å²) in [6.07, 6.45) is -5.94. The van der Waals surface area contributed by atoms with Gasteiger partial charge in [0, 0.05) is 6.08 Å². The van der Waals surface area contributed by atoms with Crippen molar-refractivity contribution in [2.75, 3.05) is 26.9 Å². The Balaban J connectivity index is 1.77. The second-order valence-corrected chi connectivity index (χ2v) is 6.58. The van der Waals surface area contributed by atoms with Crippen LogP contribution in [-0.4, -0.2) is 100 Å². The molecule has 0 aromatic heterocycles. The molecule has 1 aliphatic heterocycles. The Morgan fingerprint density at radius 2 is 1.93 bits per heavy atom. The number of phenols is 1. The molecule has 168 valence electrons. The highest BCUT2D eigenvalue weighted by Crippen LogP contribution is 2.26. The Labute approximate surface area is 172 Å². The van der Waals surface area contributed by atoms with Gasteiger partial charge in [-0.05, 0) is 23.8 Å². The van der Waals surface area contributed by atoms with E-state index in [4.69, 9.17) is 24.1 Å². The average molecular weight is 430 g/mol. The molecule has 5 unspecified atom stereocenters. The van der Waals surface area contributed by atoms with Crippen LogP contribution in [0.2, 0.25) is 0 Å². The van der Waals surface area contributed by atoms with E-state index in [0.29, 0.717) is 5.56 Å². The number of carbonyl (C=O) groups excluding carboxylic acids is 1. The molecule has 1 aliphatic rings. The van der Waals surface area contributed by atoms with Gasteiger partial charge < -0.3 is 49.6 Å². The molecule has 0 saturated carbocycles. The van der Waals surface area contributed by atoms with Gasteiger partial charge in [-0.15, -0.1) is 0 Å². The van der Waals surface area contributed by atoms with E-state index in [1.165, 1.54) is 25.3 Å². The first-order valence-corrected chi connectivity index (χ1v) is 9.08. The Kier molecular flexibility index (Phi) is 8.99. The van der Waals surface area contributed by atoms with Crippen LogP contribution in [0.3, 0.4) is 0 Å². The van der Waals surface area contributed by atoms with Crippen LogP contribution >= 0.6 is 0 Å². The maximum absolute atomic E-state index is 11.8. The van der Waals surface area contributed by atoms with Gasteiger partial charge in [0.2, 0.25) is 0 Å². The van der Waals surface area contributed by atoms with Crippen LogP contribution in [0.25, 0.3) is 6.08 Å². The molecule has 2 rings (SSSR count). The van der Waals surface area contributed by atoms with Crippen LogP contribution in [-0.2, 0) is 19.0 Å². The highest BCUT2D eigenvalue weighted by atomic mass is 16.7. The quantitative estimate of drug-likeness (QED) is 0.191. The fourth-order valence-corrected chi connectivity index (χ4v) is 2.65. The van der Waals surface area contributed by atoms with Crippen molar-refractivity contribution in [3.63, 3.8) is 0 Å². The Hall–Kier alpha value is -2.25. The molecule has 1 aromatic carbocycles. The number of hydrogen-bond donors (Lipinski definition) is 6. The summed E-state index contributed by atoms with van der Waals surface area (Å²) >= 11 is 0. The Morgan fingerprint density at radius 1 is 1.20 bits per heavy atom. The van der Waals surface area contributed by atoms with Gasteiger partial charge in [-0.25, -0.2) is 4.79 Å². The second-order valence-electron chi connectivity index (χ2n) is 6.58. The molecular weight excluding hydrogens is 404 g/mol. The number of aliphatic hydroxyl groups is 5. The number of methoxy groups -OCH3 is 1. The second kappa shape index (κ2) is 11.2. The SMILES string of the molecule is COc1cc(/C=C/C(=O)OC[C@@H](O)COC2OC(CO)C(O)C(O)C2O)ccc1O. The summed E-state index contributed by atoms with van der Waals surface area (Å²) in [5.74, 6) is -0.542. The Morgan fingerprint density at radius 3 is 2.60 bits per heavy atom. The van der Waals surface area contributed by atoms with Gasteiger partial charge in [-0.3, -0.25) is 0 Å². The molecule has 11 nitrogen and oxygen atoms in total. The molecule has 1 saturated heterocycles. The molecule has 11 heteroatoms. The van der Waals surface area contributed by atoms with E-state index in [-0.39, 0.29) is 11.5 Å². The van der Waals surface area contributed by atoms with E-state index in [1.807, 2.05) is 0 Å². The highest BCUT2D eigenvalue weighted by Gasteiger charge is 2.44. The topological polar surface area (TPSA) is 175 Å². The fourth-order valence-electron chi connectivity index (χ4n) is 2.65. The Bertz CT molecular complexity index is 720. The van der Waals surface area contributed by atoms with Crippen LogP contribution in [0.5, 0.6) is 11.5 Å². The minimum atomic E-state index is -1.60. The van der Waals surface area contributed by atoms with Crippen molar-refractivity contribution in [1.29, 1.82) is 0 Å². The van der Waals surface area contributed by atoms with Crippen LogP contribution in [0.1, 0.15) is 5.56 Å². The summed E-state index contributed by atoms with van der Waals surface area (Å²) < 4.78 is 20.1. The molecule has 0 spiro atoms. The van der Waals surface area contributed by atoms with E-state index in [9.17, 15) is 30.3 Å². The van der Waals surface area contributed by atoms with Crippen LogP contribution < -0.4 is 4.74 Å². The number of carbonyl (C=O) groups is 1. The monoisotopic (exact) mass is 430 g/mol. The average Bonchev–Trinajstić information content (AvgIpc) is 2.75. The van der Waals surface area contributed by atoms with Crippen LogP contribution in [0.15, 0.2) is 24.3 Å². The fraction of sp³-hybridized carbons (Fsp3) is 0.526. The number of rotatable bonds is 9. The first-order chi connectivity index (χ1) is 14.3. The van der Waals surface area contributed by atoms with Gasteiger partial charge in [0.15, 0.2) is 17.8 Å². The van der Waals surface area contributed by atoms with E-state index in [1.54, 1.807) is 6.07 Å². The van der Waals surface area contributed by atoms with Gasteiger partial charge in [0.05, 0.1) is 20.3 Å². The van der Waals surface area contributed by atoms with Crippen LogP contribution in [0, 0.1) is 0 Å². The van der Waals surface area contributed by atoms with Crippen molar-refractivity contribution in [3.05, 3.63) is 29.8 Å². The van der Waals surface area contributed by atoms with Crippen molar-refractivity contribution in [2.45, 2.75) is 36.8 Å². The minimum Gasteiger partial charge on any atom is -0.504 e. The molecule has 0 aliphatic carbocycles. The van der Waals surface area contributed by atoms with E-state index < -0.39 is 62.6 Å². The van der Waals surface area contributed by atoms with Gasteiger partial charge in [-0.1, -0.05) is 6.07 Å². The number of hydrogen-bond acceptors (Lipinski definition) is 11. The maximum Gasteiger partial charge on any atom is 0.330 e. The van der Waals surface area contributed by atoms with Gasteiger partial charge in [0.25, 0.3) is 0 Å². The van der Waals surface area contributed by atoms with E-state index in [2.05, 4.69) is 0 Å². The molecule has 0 radical (unpaired) electrons. The zero-order chi connectivity index (χ0) is 22.3. The molecule has 1 heterocycles. The molecular formula is C19H26O11. The third-order valence-electron chi connectivity index (χ3n) is 4.33. The molecule has 1 fully saturated rings. The first kappa shape index (κ1) is 24.0. The lowest BCUT2D eigenvalue weighted by atomic mass is 9.99. The maximum atomic E-state index is 11.8. The van der Waals surface area contributed by atoms with Crippen molar-refractivity contribution in [2.24, 2.45) is 0 Å². The summed E-state index contributed by atoms with van der Waals surface area (Å²) in [4.78, 5) is 11.8. The minimum absolute atomic E-state index is 0.0419. The summed E-state index contributed by atoms with van der Waals surface area (Å²) in [5.41, 5.74) is 0.577. The molecule has 0 amide bonds. The van der Waals surface area contributed by atoms with Crippen molar-refractivity contribution >= 4 is 12.0 Å². The van der Waals surface area contributed by atoms with Crippen molar-refractivity contribution < 1.29 is 54.4 Å². The number of phenolic OH excluding ortho intramolecular Hbond substituents is 1. The number of benzene rings is 1. The summed E-state index contributed by atoms with van der Waals surface area (Å²) in [7, 11) is 1.39. The number of aliphatic hydroxyl groups excluding tert-OH is 5. The molecule has 6 atom stereocenters. The standard InChI is InChI=1S/C19H26O11/c1-27-13-6-10(2-4-12(13)22)3-5-15(23)28-8-11(21)9-29-19-18(26)17(25)16(24)14(7-20)30-19/h2-6,11,14,16-22,24-26H,7-9H2,1H3/b5-3+/t11-,14?,16?,17?,18?,19?/m1/s1. The third-order valence-corrected chi connectivity index (χ3v) is 4.33. The predicted molar refractivity (Wildman–Crippen MR) is 100 cm³/mol. The molecule has 1 aromatic rings. The zero-order valence-electron chi connectivity index (χ0n) is 16.2. The molecule has 0 bridgehead atoms. The summed E-state index contributed by atoms with van der Waals surface area (Å²) in [5, 5.41) is 57.7. The van der Waals surface area contributed by atoms with E-state index in [0.717, 1.165) is 6.08 Å². The first-order valence-electron chi connectivity index (χ1n) is 9.08. The molecule has 6 N–H and O–H groups in total. The number of ether oxygens (including phenoxy) is 4. The third kappa shape index (κ3) is 6.37. The molecule has 30 heavy (non-hydrogen) atoms. The lowest BCUT2D eigenvalue weighted by Gasteiger charge is -2.39. The lowest BCUT2D eigenvalue weighted by molar-refractivity contribution is -0.304. The van der Waals surface area contributed by atoms with E-state index >= 15 is 0 Å². The zero-order valence-corrected chi connectivity index (χ0v) is 16.2. The summed E-state index contributed by atoms with van der Waals surface area (Å²) in [6, 6.07) is 4.48. The smallest absolute Gasteiger partial charge is 0.330 e. The highest BCUT2D eigenvalue weighted by molar-refractivity contribution is 5.87.